The predicted octanol–water partition coefficient (Wildman–Crippen LogP) is 1.25. The standard InChI is InChI=1S/C10H14O4/c1-6(2)14-10(13)5-9(7(3)11)8(4)12/h9H,1,5H2,2-4H3. The summed E-state index contributed by atoms with van der Waals surface area (Å²) < 4.78 is 4.64. The van der Waals surface area contributed by atoms with E-state index >= 15 is 0 Å². The van der Waals surface area contributed by atoms with Crippen LogP contribution in [0.2, 0.25) is 0 Å². The summed E-state index contributed by atoms with van der Waals surface area (Å²) in [5, 5.41) is 0. The minimum absolute atomic E-state index is 0.211. The minimum atomic E-state index is -0.887. The minimum Gasteiger partial charge on any atom is -0.432 e. The quantitative estimate of drug-likeness (QED) is 0.379. The van der Waals surface area contributed by atoms with E-state index in [2.05, 4.69) is 11.3 Å². The predicted molar refractivity (Wildman–Crippen MR) is 50.4 cm³/mol. The van der Waals surface area contributed by atoms with E-state index in [-0.39, 0.29) is 23.7 Å². The lowest BCUT2D eigenvalue weighted by atomic mass is 9.97. The van der Waals surface area contributed by atoms with Gasteiger partial charge >= 0.3 is 5.97 Å². The summed E-state index contributed by atoms with van der Waals surface area (Å²) in [4.78, 5) is 33.0. The Hall–Kier alpha value is -1.45. The summed E-state index contributed by atoms with van der Waals surface area (Å²) in [5.41, 5.74) is 0. The molecule has 0 spiro atoms. The molecule has 4 nitrogen and oxygen atoms in total. The van der Waals surface area contributed by atoms with Crippen LogP contribution in [0.1, 0.15) is 27.2 Å². The Morgan fingerprint density at radius 1 is 1.14 bits per heavy atom. The Morgan fingerprint density at radius 3 is 1.86 bits per heavy atom. The van der Waals surface area contributed by atoms with Gasteiger partial charge in [0.15, 0.2) is 0 Å². The molecule has 0 fully saturated rings. The van der Waals surface area contributed by atoms with Crippen LogP contribution < -0.4 is 0 Å². The number of Topliss-reactive ketones (excluding diaryl/α,β-unsaturated/α-hetero) is 2. The molecule has 0 saturated carbocycles. The van der Waals surface area contributed by atoms with E-state index in [4.69, 9.17) is 0 Å². The first-order valence-corrected chi connectivity index (χ1v) is 4.21. The second-order valence-corrected chi connectivity index (χ2v) is 3.15. The second-order valence-electron chi connectivity index (χ2n) is 3.15. The number of ether oxygens (including phenoxy) is 1. The molecular formula is C10H14O4. The van der Waals surface area contributed by atoms with Crippen LogP contribution >= 0.6 is 0 Å². The highest BCUT2D eigenvalue weighted by Crippen LogP contribution is 2.09. The number of ketones is 2. The molecule has 14 heavy (non-hydrogen) atoms. The number of hydrogen-bond acceptors (Lipinski definition) is 4. The maximum atomic E-state index is 11.1. The Bertz CT molecular complexity index is 264. The van der Waals surface area contributed by atoms with E-state index in [0.717, 1.165) is 0 Å². The van der Waals surface area contributed by atoms with Crippen LogP contribution in [0.3, 0.4) is 0 Å². The summed E-state index contributed by atoms with van der Waals surface area (Å²) in [6.45, 7) is 7.46. The van der Waals surface area contributed by atoms with Crippen molar-refractivity contribution in [3.8, 4) is 0 Å². The van der Waals surface area contributed by atoms with Crippen LogP contribution in [0.5, 0.6) is 0 Å². The molecule has 0 saturated heterocycles. The van der Waals surface area contributed by atoms with Crippen molar-refractivity contribution in [2.75, 3.05) is 0 Å². The summed E-state index contributed by atoms with van der Waals surface area (Å²) in [7, 11) is 0. The molecule has 0 atom stereocenters. The van der Waals surface area contributed by atoms with Gasteiger partial charge in [0.2, 0.25) is 0 Å². The van der Waals surface area contributed by atoms with Crippen LogP contribution in [0.15, 0.2) is 12.3 Å². The van der Waals surface area contributed by atoms with Gasteiger partial charge in [-0.1, -0.05) is 6.58 Å². The van der Waals surface area contributed by atoms with E-state index in [9.17, 15) is 14.4 Å². The molecule has 0 unspecified atom stereocenters. The van der Waals surface area contributed by atoms with Crippen LogP contribution in [0.4, 0.5) is 0 Å². The largest absolute Gasteiger partial charge is 0.432 e. The summed E-state index contributed by atoms with van der Waals surface area (Å²) in [5.74, 6) is -1.89. The van der Waals surface area contributed by atoms with Crippen molar-refractivity contribution in [1.29, 1.82) is 0 Å². The van der Waals surface area contributed by atoms with Crippen molar-refractivity contribution >= 4 is 17.5 Å². The van der Waals surface area contributed by atoms with Crippen LogP contribution in [-0.4, -0.2) is 17.5 Å². The Kier molecular flexibility index (Phi) is 4.77. The zero-order chi connectivity index (χ0) is 11.3. The summed E-state index contributed by atoms with van der Waals surface area (Å²) in [6.07, 6.45) is -0.211. The SMILES string of the molecule is C=C(C)OC(=O)CC(C(C)=O)C(C)=O. The molecule has 0 amide bonds. The highest BCUT2D eigenvalue weighted by atomic mass is 16.5. The number of rotatable bonds is 5. The third-order valence-electron chi connectivity index (χ3n) is 1.64. The Labute approximate surface area is 82.9 Å². The van der Waals surface area contributed by atoms with Crippen LogP contribution in [0.25, 0.3) is 0 Å². The molecule has 0 heterocycles. The molecule has 0 rings (SSSR count). The van der Waals surface area contributed by atoms with Crippen molar-refractivity contribution in [2.24, 2.45) is 5.92 Å². The van der Waals surface area contributed by atoms with Crippen molar-refractivity contribution in [1.82, 2.24) is 0 Å². The molecule has 0 radical (unpaired) electrons. The van der Waals surface area contributed by atoms with Gasteiger partial charge in [0.1, 0.15) is 11.6 Å². The molecule has 0 aromatic rings. The summed E-state index contributed by atoms with van der Waals surface area (Å²) >= 11 is 0. The van der Waals surface area contributed by atoms with E-state index in [1.54, 1.807) is 0 Å². The average Bonchev–Trinajstić information content (AvgIpc) is 1.97. The smallest absolute Gasteiger partial charge is 0.312 e. The summed E-state index contributed by atoms with van der Waals surface area (Å²) in [6, 6.07) is 0. The van der Waals surface area contributed by atoms with Gasteiger partial charge < -0.3 is 4.74 Å². The van der Waals surface area contributed by atoms with Gasteiger partial charge in [-0.3, -0.25) is 14.4 Å². The molecule has 0 bridgehead atoms. The molecule has 78 valence electrons. The third-order valence-corrected chi connectivity index (χ3v) is 1.64. The van der Waals surface area contributed by atoms with E-state index < -0.39 is 11.9 Å². The second kappa shape index (κ2) is 5.32. The van der Waals surface area contributed by atoms with Gasteiger partial charge in [-0.25, -0.2) is 0 Å². The molecule has 4 heteroatoms. The highest BCUT2D eigenvalue weighted by molar-refractivity contribution is 6.02. The van der Waals surface area contributed by atoms with Gasteiger partial charge in [-0.15, -0.1) is 0 Å². The van der Waals surface area contributed by atoms with Gasteiger partial charge in [-0.2, -0.15) is 0 Å². The topological polar surface area (TPSA) is 60.4 Å². The zero-order valence-electron chi connectivity index (χ0n) is 8.62. The molecule has 0 aliphatic carbocycles. The zero-order valence-corrected chi connectivity index (χ0v) is 8.62. The Balaban J connectivity index is 4.31. The van der Waals surface area contributed by atoms with Crippen molar-refractivity contribution in [2.45, 2.75) is 27.2 Å². The van der Waals surface area contributed by atoms with Crippen molar-refractivity contribution < 1.29 is 19.1 Å². The number of allylic oxidation sites excluding steroid dienone is 1. The van der Waals surface area contributed by atoms with Gasteiger partial charge in [-0.05, 0) is 20.8 Å². The van der Waals surface area contributed by atoms with E-state index in [0.29, 0.717) is 0 Å². The fourth-order valence-corrected chi connectivity index (χ4v) is 0.976. The lowest BCUT2D eigenvalue weighted by molar-refractivity contribution is -0.145. The Morgan fingerprint density at radius 2 is 1.57 bits per heavy atom. The first-order valence-electron chi connectivity index (χ1n) is 4.21. The monoisotopic (exact) mass is 198 g/mol. The fourth-order valence-electron chi connectivity index (χ4n) is 0.976. The maximum absolute atomic E-state index is 11.1. The van der Waals surface area contributed by atoms with Crippen LogP contribution in [-0.2, 0) is 19.1 Å². The lowest BCUT2D eigenvalue weighted by Gasteiger charge is -2.09. The number of esters is 1. The van der Waals surface area contributed by atoms with E-state index in [1.807, 2.05) is 0 Å². The maximum Gasteiger partial charge on any atom is 0.312 e. The fraction of sp³-hybridized carbons (Fsp3) is 0.500. The van der Waals surface area contributed by atoms with Crippen LogP contribution in [0, 0.1) is 5.92 Å². The number of carbonyl (C=O) groups excluding carboxylic acids is 3. The van der Waals surface area contributed by atoms with Crippen molar-refractivity contribution in [3.05, 3.63) is 12.3 Å². The molecular weight excluding hydrogens is 184 g/mol. The first-order chi connectivity index (χ1) is 6.34. The van der Waals surface area contributed by atoms with Gasteiger partial charge in [0.05, 0.1) is 18.1 Å². The highest BCUT2D eigenvalue weighted by Gasteiger charge is 2.23. The van der Waals surface area contributed by atoms with Crippen molar-refractivity contribution in [3.63, 3.8) is 0 Å². The molecule has 0 aromatic carbocycles. The van der Waals surface area contributed by atoms with E-state index in [1.165, 1.54) is 20.8 Å². The number of carbonyl (C=O) groups is 3. The molecule has 0 aliphatic heterocycles. The van der Waals surface area contributed by atoms with Gasteiger partial charge in [0, 0.05) is 0 Å². The lowest BCUT2D eigenvalue weighted by Crippen LogP contribution is -2.23. The molecule has 0 N–H and O–H groups in total. The molecule has 0 aromatic heterocycles. The normalized spacial score (nSPS) is 9.71. The average molecular weight is 198 g/mol. The third kappa shape index (κ3) is 4.54. The first kappa shape index (κ1) is 12.6. The number of hydrogen-bond donors (Lipinski definition) is 0. The molecule has 0 aliphatic rings. The van der Waals surface area contributed by atoms with Gasteiger partial charge in [0.25, 0.3) is 0 Å².